The zero-order valence-corrected chi connectivity index (χ0v) is 10.7. The molecule has 5 nitrogen and oxygen atoms in total. The molecule has 0 radical (unpaired) electrons. The van der Waals surface area contributed by atoms with Crippen LogP contribution in [0.4, 0.5) is 0 Å². The van der Waals surface area contributed by atoms with E-state index in [0.29, 0.717) is 0 Å². The summed E-state index contributed by atoms with van der Waals surface area (Å²) in [7, 11) is 0. The SMILES string of the molecule is O=C1[O][Pb](=[O])[O]C(=O)c2cccc1c2. The van der Waals surface area contributed by atoms with Crippen molar-refractivity contribution in [2.24, 2.45) is 0 Å². The van der Waals surface area contributed by atoms with Crippen molar-refractivity contribution < 1.29 is 17.6 Å². The van der Waals surface area contributed by atoms with E-state index in [1.165, 1.54) is 24.3 Å². The van der Waals surface area contributed by atoms with Crippen LogP contribution in [0, 0.1) is 0 Å². The molecule has 0 atom stereocenters. The van der Waals surface area contributed by atoms with Crippen LogP contribution in [-0.4, -0.2) is 35.6 Å². The van der Waals surface area contributed by atoms with Gasteiger partial charge in [0.1, 0.15) is 0 Å². The fourth-order valence-corrected chi connectivity index (χ4v) is 3.32. The van der Waals surface area contributed by atoms with Gasteiger partial charge in [-0.25, -0.2) is 0 Å². The van der Waals surface area contributed by atoms with Crippen molar-refractivity contribution in [3.63, 3.8) is 0 Å². The molecule has 70 valence electrons. The summed E-state index contributed by atoms with van der Waals surface area (Å²) < 4.78 is 20.0. The predicted molar refractivity (Wildman–Crippen MR) is 43.7 cm³/mol. The van der Waals surface area contributed by atoms with E-state index in [0.717, 1.165) is 0 Å². The summed E-state index contributed by atoms with van der Waals surface area (Å²) in [6, 6.07) is 5.87. The first kappa shape index (κ1) is 9.44. The quantitative estimate of drug-likeness (QED) is 0.604. The molecule has 6 heteroatoms. The first-order valence-electron chi connectivity index (χ1n) is 3.75. The van der Waals surface area contributed by atoms with E-state index in [-0.39, 0.29) is 11.1 Å². The van der Waals surface area contributed by atoms with Crippen molar-refractivity contribution in [2.45, 2.75) is 0 Å². The zero-order chi connectivity index (χ0) is 10.1. The molecular weight excluding hydrogens is 383 g/mol. The average Bonchev–Trinajstić information content (AvgIpc) is 2.16. The first-order valence-corrected chi connectivity index (χ1v) is 8.51. The molecule has 1 aromatic carbocycles. The Kier molecular flexibility index (Phi) is 2.40. The molecule has 2 bridgehead atoms. The monoisotopic (exact) mass is 388 g/mol. The van der Waals surface area contributed by atoms with Gasteiger partial charge in [-0.15, -0.1) is 0 Å². The van der Waals surface area contributed by atoms with Gasteiger partial charge in [-0.3, -0.25) is 0 Å². The van der Waals surface area contributed by atoms with Gasteiger partial charge in [0.05, 0.1) is 0 Å². The molecule has 1 aliphatic heterocycles. The molecule has 0 aromatic heterocycles. The summed E-state index contributed by atoms with van der Waals surface area (Å²) >= 11 is -4.11. The second-order valence-electron chi connectivity index (χ2n) is 2.61. The number of hydrogen-bond acceptors (Lipinski definition) is 5. The Hall–Kier alpha value is -1.12. The summed E-state index contributed by atoms with van der Waals surface area (Å²) in [6.45, 7) is 0. The van der Waals surface area contributed by atoms with Gasteiger partial charge in [0, 0.05) is 0 Å². The normalized spacial score (nSPS) is 15.3. The van der Waals surface area contributed by atoms with Gasteiger partial charge in [0.25, 0.3) is 0 Å². The minimum absolute atomic E-state index is 0.220. The molecular formula is C8H4O5Pb. The predicted octanol–water partition coefficient (Wildman–Crippen LogP) is 0.429. The first-order chi connectivity index (χ1) is 6.66. The maximum atomic E-state index is 11.2. The summed E-state index contributed by atoms with van der Waals surface area (Å²) in [5.74, 6) is -1.40. The number of benzene rings is 1. The van der Waals surface area contributed by atoms with E-state index < -0.39 is 35.6 Å². The molecule has 0 saturated carbocycles. The second kappa shape index (κ2) is 3.56. The fourth-order valence-electron chi connectivity index (χ4n) is 1.06. The van der Waals surface area contributed by atoms with Crippen molar-refractivity contribution in [3.05, 3.63) is 35.4 Å². The van der Waals surface area contributed by atoms with Crippen molar-refractivity contribution >= 4 is 35.6 Å². The van der Waals surface area contributed by atoms with Crippen molar-refractivity contribution in [1.29, 1.82) is 0 Å². The number of hydrogen-bond donors (Lipinski definition) is 0. The van der Waals surface area contributed by atoms with E-state index in [4.69, 9.17) is 0 Å². The third-order valence-corrected chi connectivity index (χ3v) is 4.42. The molecule has 0 N–H and O–H groups in total. The van der Waals surface area contributed by atoms with Crippen LogP contribution in [0.2, 0.25) is 0 Å². The number of carbonyl (C=O) groups excluding carboxylic acids is 2. The Morgan fingerprint density at radius 1 is 1.00 bits per heavy atom. The molecule has 0 amide bonds. The Morgan fingerprint density at radius 2 is 1.50 bits per heavy atom. The topological polar surface area (TPSA) is 69.7 Å². The molecule has 0 aliphatic carbocycles. The van der Waals surface area contributed by atoms with Crippen LogP contribution >= 0.6 is 0 Å². The van der Waals surface area contributed by atoms with Gasteiger partial charge >= 0.3 is 88.6 Å². The summed E-state index contributed by atoms with van der Waals surface area (Å²) in [6.07, 6.45) is 0. The molecule has 0 saturated heterocycles. The summed E-state index contributed by atoms with van der Waals surface area (Å²) in [5, 5.41) is 0. The third-order valence-electron chi connectivity index (χ3n) is 1.69. The number of fused-ring (bicyclic) bond motifs is 2. The van der Waals surface area contributed by atoms with Crippen molar-refractivity contribution in [3.8, 4) is 0 Å². The van der Waals surface area contributed by atoms with E-state index >= 15 is 0 Å². The van der Waals surface area contributed by atoms with Gasteiger partial charge in [-0.2, -0.15) is 0 Å². The summed E-state index contributed by atoms with van der Waals surface area (Å²) in [5.41, 5.74) is 0.440. The molecule has 0 spiro atoms. The van der Waals surface area contributed by atoms with Gasteiger partial charge in [-0.1, -0.05) is 0 Å². The van der Waals surface area contributed by atoms with E-state index in [1.807, 2.05) is 0 Å². The average molecular weight is 387 g/mol. The summed E-state index contributed by atoms with van der Waals surface area (Å²) in [4.78, 5) is 22.4. The standard InChI is InChI=1S/C8H6O4.O.Pb/c9-7(10)5-2-1-3-6(4-5)8(11)12;;/h1-4H,(H,9,10)(H,11,12);;/q;;+2/p-2. The van der Waals surface area contributed by atoms with Gasteiger partial charge < -0.3 is 0 Å². The van der Waals surface area contributed by atoms with E-state index in [2.05, 4.69) is 5.37 Å². The molecule has 0 fully saturated rings. The Labute approximate surface area is 88.5 Å². The van der Waals surface area contributed by atoms with E-state index in [1.54, 1.807) is 0 Å². The Morgan fingerprint density at radius 3 is 2.00 bits per heavy atom. The third kappa shape index (κ3) is 1.72. The number of carbonyl (C=O) groups is 2. The van der Waals surface area contributed by atoms with Crippen LogP contribution in [-0.2, 0) is 8.06 Å². The maximum absolute atomic E-state index is 11.2. The van der Waals surface area contributed by atoms with Crippen LogP contribution in [0.15, 0.2) is 24.3 Å². The molecule has 2 rings (SSSR count). The molecule has 14 heavy (non-hydrogen) atoms. The van der Waals surface area contributed by atoms with E-state index in [9.17, 15) is 12.3 Å². The number of rotatable bonds is 0. The Bertz CT molecular complexity index is 404. The van der Waals surface area contributed by atoms with Crippen LogP contribution in [0.1, 0.15) is 20.7 Å². The van der Waals surface area contributed by atoms with Gasteiger partial charge in [-0.05, 0) is 0 Å². The Balaban J connectivity index is 2.54. The molecule has 1 aliphatic rings. The van der Waals surface area contributed by atoms with Crippen LogP contribution < -0.4 is 0 Å². The molecule has 0 unspecified atom stereocenters. The fraction of sp³-hybridized carbons (Fsp3) is 0. The second-order valence-corrected chi connectivity index (χ2v) is 6.14. The van der Waals surface area contributed by atoms with Crippen LogP contribution in [0.25, 0.3) is 0 Å². The van der Waals surface area contributed by atoms with Gasteiger partial charge in [0.15, 0.2) is 0 Å². The van der Waals surface area contributed by atoms with Crippen molar-refractivity contribution in [2.75, 3.05) is 0 Å². The van der Waals surface area contributed by atoms with Crippen LogP contribution in [0.3, 0.4) is 0 Å². The minimum atomic E-state index is -4.11. The van der Waals surface area contributed by atoms with Crippen LogP contribution in [0.5, 0.6) is 0 Å². The zero-order valence-electron chi connectivity index (χ0n) is 6.85. The molecule has 1 heterocycles. The molecule has 1 aromatic rings. The van der Waals surface area contributed by atoms with Crippen molar-refractivity contribution in [1.82, 2.24) is 0 Å². The van der Waals surface area contributed by atoms with Gasteiger partial charge in [0.2, 0.25) is 0 Å².